The predicted molar refractivity (Wildman–Crippen MR) is 93.2 cm³/mol. The maximum absolute atomic E-state index is 11.7. The average Bonchev–Trinajstić information content (AvgIpc) is 2.97. The third-order valence-corrected chi connectivity index (χ3v) is 6.54. The standard InChI is InChI=1S/C18H22N2O3S/c21-17(22)15-3-4-18(5-8-23-9-6-18)12-20(15)11-13-10-14-16(24-13)2-1-7-19-14/h1-2,7,10,15H,3-6,8-9,11-12H2,(H,21,22). The largest absolute Gasteiger partial charge is 0.480 e. The highest BCUT2D eigenvalue weighted by Gasteiger charge is 2.42. The summed E-state index contributed by atoms with van der Waals surface area (Å²) in [5.74, 6) is -0.698. The molecule has 4 rings (SSSR count). The lowest BCUT2D eigenvalue weighted by Gasteiger charge is -2.47. The lowest BCUT2D eigenvalue weighted by atomic mass is 9.72. The average molecular weight is 346 g/mol. The Morgan fingerprint density at radius 2 is 2.25 bits per heavy atom. The summed E-state index contributed by atoms with van der Waals surface area (Å²) in [5, 5.41) is 9.64. The molecule has 2 aliphatic rings. The molecule has 0 saturated carbocycles. The van der Waals surface area contributed by atoms with Crippen molar-refractivity contribution in [3.05, 3.63) is 29.3 Å². The molecule has 0 aromatic carbocycles. The zero-order valence-corrected chi connectivity index (χ0v) is 14.4. The van der Waals surface area contributed by atoms with Crippen LogP contribution in [0.5, 0.6) is 0 Å². The number of aliphatic carboxylic acids is 1. The first-order valence-corrected chi connectivity index (χ1v) is 9.35. The summed E-state index contributed by atoms with van der Waals surface area (Å²) in [6.45, 7) is 3.16. The van der Waals surface area contributed by atoms with E-state index >= 15 is 0 Å². The molecule has 128 valence electrons. The second-order valence-corrected chi connectivity index (χ2v) is 8.18. The fourth-order valence-corrected chi connectivity index (χ4v) is 5.15. The minimum absolute atomic E-state index is 0.235. The number of rotatable bonds is 3. The molecular formula is C18H22N2O3S. The predicted octanol–water partition coefficient (Wildman–Crippen LogP) is 3.14. The number of hydrogen-bond donors (Lipinski definition) is 1. The molecule has 0 aliphatic carbocycles. The number of carboxylic acid groups (broad SMARTS) is 1. The van der Waals surface area contributed by atoms with Crippen molar-refractivity contribution in [2.75, 3.05) is 19.8 Å². The summed E-state index contributed by atoms with van der Waals surface area (Å²) in [7, 11) is 0. The highest BCUT2D eigenvalue weighted by molar-refractivity contribution is 7.19. The zero-order valence-electron chi connectivity index (χ0n) is 13.6. The van der Waals surface area contributed by atoms with Gasteiger partial charge in [0.15, 0.2) is 0 Å². The second kappa shape index (κ2) is 6.43. The number of fused-ring (bicyclic) bond motifs is 1. The summed E-state index contributed by atoms with van der Waals surface area (Å²) in [6.07, 6.45) is 5.63. The maximum Gasteiger partial charge on any atom is 0.320 e. The summed E-state index contributed by atoms with van der Waals surface area (Å²) in [5.41, 5.74) is 1.24. The van der Waals surface area contributed by atoms with E-state index in [1.165, 1.54) is 4.88 Å². The van der Waals surface area contributed by atoms with Crippen LogP contribution in [0.15, 0.2) is 24.4 Å². The summed E-state index contributed by atoms with van der Waals surface area (Å²) < 4.78 is 6.69. The van der Waals surface area contributed by atoms with Crippen molar-refractivity contribution >= 4 is 27.5 Å². The van der Waals surface area contributed by atoms with Crippen LogP contribution in [0.3, 0.4) is 0 Å². The highest BCUT2D eigenvalue weighted by atomic mass is 32.1. The smallest absolute Gasteiger partial charge is 0.320 e. The minimum atomic E-state index is -0.698. The third-order valence-electron chi connectivity index (χ3n) is 5.46. The molecule has 1 unspecified atom stereocenters. The van der Waals surface area contributed by atoms with Crippen molar-refractivity contribution in [2.24, 2.45) is 5.41 Å². The Morgan fingerprint density at radius 1 is 1.42 bits per heavy atom. The highest BCUT2D eigenvalue weighted by Crippen LogP contribution is 2.42. The van der Waals surface area contributed by atoms with Crippen LogP contribution in [-0.2, 0) is 16.1 Å². The van der Waals surface area contributed by atoms with Crippen LogP contribution in [0.1, 0.15) is 30.6 Å². The number of likely N-dealkylation sites (tertiary alicyclic amines) is 1. The Balaban J connectivity index is 1.57. The summed E-state index contributed by atoms with van der Waals surface area (Å²) in [6, 6.07) is 5.74. The van der Waals surface area contributed by atoms with E-state index in [1.807, 2.05) is 6.07 Å². The molecule has 5 nitrogen and oxygen atoms in total. The van der Waals surface area contributed by atoms with Gasteiger partial charge in [0.1, 0.15) is 6.04 Å². The van der Waals surface area contributed by atoms with E-state index in [-0.39, 0.29) is 11.5 Å². The number of nitrogens with zero attached hydrogens (tertiary/aromatic N) is 2. The van der Waals surface area contributed by atoms with Gasteiger partial charge in [-0.05, 0) is 49.3 Å². The van der Waals surface area contributed by atoms with Gasteiger partial charge in [0, 0.05) is 37.4 Å². The van der Waals surface area contributed by atoms with Gasteiger partial charge in [-0.1, -0.05) is 0 Å². The molecule has 2 aromatic rings. The van der Waals surface area contributed by atoms with Gasteiger partial charge in [-0.3, -0.25) is 14.7 Å². The first-order valence-electron chi connectivity index (χ1n) is 8.53. The number of hydrogen-bond acceptors (Lipinski definition) is 5. The molecule has 1 spiro atoms. The molecule has 2 fully saturated rings. The number of thiophene rings is 1. The van der Waals surface area contributed by atoms with Gasteiger partial charge in [0.2, 0.25) is 0 Å². The van der Waals surface area contributed by atoms with E-state index in [2.05, 4.69) is 22.0 Å². The maximum atomic E-state index is 11.7. The number of aromatic nitrogens is 1. The van der Waals surface area contributed by atoms with Gasteiger partial charge >= 0.3 is 5.97 Å². The van der Waals surface area contributed by atoms with E-state index in [1.54, 1.807) is 17.5 Å². The van der Waals surface area contributed by atoms with Crippen molar-refractivity contribution in [1.29, 1.82) is 0 Å². The first-order chi connectivity index (χ1) is 11.7. The van der Waals surface area contributed by atoms with E-state index < -0.39 is 5.97 Å². The molecule has 1 N–H and O–H groups in total. The van der Waals surface area contributed by atoms with E-state index in [4.69, 9.17) is 4.74 Å². The fraction of sp³-hybridized carbons (Fsp3) is 0.556. The second-order valence-electron chi connectivity index (χ2n) is 7.01. The molecule has 0 amide bonds. The van der Waals surface area contributed by atoms with Crippen LogP contribution in [0, 0.1) is 5.41 Å². The number of piperidine rings is 1. The van der Waals surface area contributed by atoms with Crippen LogP contribution in [0.4, 0.5) is 0 Å². The number of carbonyl (C=O) groups is 1. The van der Waals surface area contributed by atoms with Crippen molar-refractivity contribution < 1.29 is 14.6 Å². The van der Waals surface area contributed by atoms with Gasteiger partial charge < -0.3 is 9.84 Å². The van der Waals surface area contributed by atoms with Crippen molar-refractivity contribution in [1.82, 2.24) is 9.88 Å². The first kappa shape index (κ1) is 16.0. The van der Waals surface area contributed by atoms with E-state index in [9.17, 15) is 9.90 Å². The zero-order chi connectivity index (χ0) is 16.6. The molecule has 2 aliphatic heterocycles. The van der Waals surface area contributed by atoms with Gasteiger partial charge in [0.05, 0.1) is 10.2 Å². The van der Waals surface area contributed by atoms with Crippen LogP contribution in [0.25, 0.3) is 10.2 Å². The Hall–Kier alpha value is -1.50. The van der Waals surface area contributed by atoms with Gasteiger partial charge in [-0.2, -0.15) is 0 Å². The number of pyridine rings is 1. The Labute approximate surface area is 145 Å². The molecule has 1 atom stereocenters. The summed E-state index contributed by atoms with van der Waals surface area (Å²) in [4.78, 5) is 19.5. The third kappa shape index (κ3) is 3.06. The molecule has 2 aromatic heterocycles. The lowest BCUT2D eigenvalue weighted by Crippen LogP contribution is -2.53. The number of ether oxygens (including phenoxy) is 1. The normalized spacial score (nSPS) is 24.4. The SMILES string of the molecule is O=C(O)C1CCC2(CCOCC2)CN1Cc1cc2ncccc2s1. The van der Waals surface area contributed by atoms with E-state index in [0.29, 0.717) is 6.54 Å². The Kier molecular flexibility index (Phi) is 4.28. The van der Waals surface area contributed by atoms with Crippen molar-refractivity contribution in [3.8, 4) is 0 Å². The van der Waals surface area contributed by atoms with Crippen LogP contribution >= 0.6 is 11.3 Å². The van der Waals surface area contributed by atoms with Crippen LogP contribution < -0.4 is 0 Å². The Bertz CT molecular complexity index is 706. The van der Waals surface area contributed by atoms with Gasteiger partial charge in [-0.25, -0.2) is 0 Å². The van der Waals surface area contributed by atoms with Gasteiger partial charge in [-0.15, -0.1) is 11.3 Å². The lowest BCUT2D eigenvalue weighted by molar-refractivity contribution is -0.148. The monoisotopic (exact) mass is 346 g/mol. The molecule has 24 heavy (non-hydrogen) atoms. The molecule has 0 bridgehead atoms. The molecule has 4 heterocycles. The number of carboxylic acids is 1. The summed E-state index contributed by atoms with van der Waals surface area (Å²) >= 11 is 1.72. The topological polar surface area (TPSA) is 62.7 Å². The Morgan fingerprint density at radius 3 is 3.00 bits per heavy atom. The van der Waals surface area contributed by atoms with Crippen molar-refractivity contribution in [2.45, 2.75) is 38.3 Å². The fourth-order valence-electron chi connectivity index (χ4n) is 4.10. The quantitative estimate of drug-likeness (QED) is 0.925. The molecule has 2 saturated heterocycles. The van der Waals surface area contributed by atoms with Crippen LogP contribution in [-0.4, -0.2) is 46.8 Å². The molecule has 6 heteroatoms. The van der Waals surface area contributed by atoms with Crippen molar-refractivity contribution in [3.63, 3.8) is 0 Å². The van der Waals surface area contributed by atoms with E-state index in [0.717, 1.165) is 55.7 Å². The van der Waals surface area contributed by atoms with Crippen LogP contribution in [0.2, 0.25) is 0 Å². The molecular weight excluding hydrogens is 324 g/mol. The molecule has 0 radical (unpaired) electrons. The minimum Gasteiger partial charge on any atom is -0.480 e. The van der Waals surface area contributed by atoms with Gasteiger partial charge in [0.25, 0.3) is 0 Å².